The minimum absolute atomic E-state index is 0.689. The number of anilines is 2. The Morgan fingerprint density at radius 2 is 1.90 bits per heavy atom. The molecule has 1 aromatic carbocycles. The molecule has 0 bridgehead atoms. The third-order valence-electron chi connectivity index (χ3n) is 4.16. The van der Waals surface area contributed by atoms with E-state index >= 15 is 0 Å². The lowest BCUT2D eigenvalue weighted by Crippen LogP contribution is -2.21. The first-order chi connectivity index (χ1) is 10.3. The Morgan fingerprint density at radius 3 is 2.52 bits per heavy atom. The van der Waals surface area contributed by atoms with Gasteiger partial charge in [-0.05, 0) is 51.0 Å². The first-order valence-electron chi connectivity index (χ1n) is 7.91. The predicted molar refractivity (Wildman–Crippen MR) is 87.8 cm³/mol. The SMILES string of the molecule is CCN(CC)c1ccc(NCc2cncn2C2CC2)cc1. The summed E-state index contributed by atoms with van der Waals surface area (Å²) in [5.74, 6) is 0. The summed E-state index contributed by atoms with van der Waals surface area (Å²) in [5, 5.41) is 3.49. The molecule has 0 aliphatic heterocycles. The van der Waals surface area contributed by atoms with Gasteiger partial charge in [-0.25, -0.2) is 4.98 Å². The molecule has 1 N–H and O–H groups in total. The molecule has 0 unspecified atom stereocenters. The van der Waals surface area contributed by atoms with E-state index in [0.717, 1.165) is 25.3 Å². The van der Waals surface area contributed by atoms with Gasteiger partial charge in [0, 0.05) is 36.7 Å². The van der Waals surface area contributed by atoms with Crippen molar-refractivity contribution in [1.29, 1.82) is 0 Å². The Bertz CT molecular complexity index is 565. The van der Waals surface area contributed by atoms with Crippen LogP contribution in [0.4, 0.5) is 11.4 Å². The van der Waals surface area contributed by atoms with Gasteiger partial charge in [-0.3, -0.25) is 0 Å². The molecule has 112 valence electrons. The second kappa shape index (κ2) is 6.20. The van der Waals surface area contributed by atoms with E-state index in [0.29, 0.717) is 6.04 Å². The third-order valence-corrected chi connectivity index (χ3v) is 4.16. The largest absolute Gasteiger partial charge is 0.379 e. The lowest BCUT2D eigenvalue weighted by molar-refractivity contribution is 0.701. The van der Waals surface area contributed by atoms with Crippen molar-refractivity contribution in [2.24, 2.45) is 0 Å². The molecule has 1 saturated carbocycles. The molecule has 0 amide bonds. The topological polar surface area (TPSA) is 33.1 Å². The minimum Gasteiger partial charge on any atom is -0.379 e. The molecular formula is C17H24N4. The molecule has 4 nitrogen and oxygen atoms in total. The van der Waals surface area contributed by atoms with Crippen molar-refractivity contribution in [1.82, 2.24) is 9.55 Å². The third kappa shape index (κ3) is 3.20. The normalized spacial score (nSPS) is 14.2. The van der Waals surface area contributed by atoms with Gasteiger partial charge in [0.1, 0.15) is 0 Å². The van der Waals surface area contributed by atoms with Crippen LogP contribution in [0.5, 0.6) is 0 Å². The number of nitrogens with zero attached hydrogens (tertiary/aromatic N) is 3. The van der Waals surface area contributed by atoms with E-state index in [1.54, 1.807) is 0 Å². The highest BCUT2D eigenvalue weighted by atomic mass is 15.1. The lowest BCUT2D eigenvalue weighted by Gasteiger charge is -2.21. The van der Waals surface area contributed by atoms with E-state index in [-0.39, 0.29) is 0 Å². The fraction of sp³-hybridized carbons (Fsp3) is 0.471. The summed E-state index contributed by atoms with van der Waals surface area (Å²) in [7, 11) is 0. The number of imidazole rings is 1. The molecule has 3 rings (SSSR count). The number of benzene rings is 1. The lowest BCUT2D eigenvalue weighted by atomic mass is 10.2. The molecule has 1 aromatic heterocycles. The maximum Gasteiger partial charge on any atom is 0.0951 e. The van der Waals surface area contributed by atoms with E-state index in [4.69, 9.17) is 0 Å². The van der Waals surface area contributed by atoms with Crippen LogP contribution in [0, 0.1) is 0 Å². The van der Waals surface area contributed by atoms with Gasteiger partial charge in [-0.15, -0.1) is 0 Å². The summed E-state index contributed by atoms with van der Waals surface area (Å²) in [4.78, 5) is 6.62. The summed E-state index contributed by atoms with van der Waals surface area (Å²) in [6, 6.07) is 9.38. The summed E-state index contributed by atoms with van der Waals surface area (Å²) < 4.78 is 2.30. The van der Waals surface area contributed by atoms with Crippen LogP contribution < -0.4 is 10.2 Å². The molecule has 1 heterocycles. The first-order valence-corrected chi connectivity index (χ1v) is 7.91. The fourth-order valence-electron chi connectivity index (χ4n) is 2.72. The van der Waals surface area contributed by atoms with E-state index in [1.807, 2.05) is 12.5 Å². The Morgan fingerprint density at radius 1 is 1.19 bits per heavy atom. The van der Waals surface area contributed by atoms with Gasteiger partial charge < -0.3 is 14.8 Å². The number of nitrogens with one attached hydrogen (secondary N) is 1. The van der Waals surface area contributed by atoms with Crippen molar-refractivity contribution in [3.63, 3.8) is 0 Å². The molecule has 1 fully saturated rings. The van der Waals surface area contributed by atoms with Crippen molar-refractivity contribution in [2.75, 3.05) is 23.3 Å². The van der Waals surface area contributed by atoms with Crippen molar-refractivity contribution in [2.45, 2.75) is 39.3 Å². The summed E-state index contributed by atoms with van der Waals surface area (Å²) in [6.07, 6.45) is 6.51. The van der Waals surface area contributed by atoms with Gasteiger partial charge in [0.05, 0.1) is 18.6 Å². The number of aromatic nitrogens is 2. The van der Waals surface area contributed by atoms with Crippen LogP contribution in [0.15, 0.2) is 36.8 Å². The van der Waals surface area contributed by atoms with E-state index < -0.39 is 0 Å². The zero-order valence-corrected chi connectivity index (χ0v) is 12.9. The standard InChI is InChI=1S/C17H24N4/c1-3-20(4-2)15-7-5-14(6-8-15)19-12-17-11-18-13-21(17)16-9-10-16/h5-8,11,13,16,19H,3-4,9-10,12H2,1-2H3. The van der Waals surface area contributed by atoms with Crippen molar-refractivity contribution in [3.05, 3.63) is 42.5 Å². The van der Waals surface area contributed by atoms with E-state index in [2.05, 4.69) is 57.9 Å². The average molecular weight is 284 g/mol. The summed E-state index contributed by atoms with van der Waals surface area (Å²) in [5.41, 5.74) is 3.72. The van der Waals surface area contributed by atoms with Gasteiger partial charge in [-0.1, -0.05) is 0 Å². The molecule has 2 aromatic rings. The van der Waals surface area contributed by atoms with Crippen LogP contribution in [-0.4, -0.2) is 22.6 Å². The van der Waals surface area contributed by atoms with E-state index in [9.17, 15) is 0 Å². The second-order valence-corrected chi connectivity index (χ2v) is 5.60. The zero-order valence-electron chi connectivity index (χ0n) is 12.9. The smallest absolute Gasteiger partial charge is 0.0951 e. The van der Waals surface area contributed by atoms with Crippen LogP contribution in [0.1, 0.15) is 38.4 Å². The Balaban J connectivity index is 1.61. The molecule has 1 aliphatic carbocycles. The highest BCUT2D eigenvalue weighted by Gasteiger charge is 2.24. The maximum atomic E-state index is 4.27. The Kier molecular flexibility index (Phi) is 4.13. The van der Waals surface area contributed by atoms with Crippen LogP contribution in [0.3, 0.4) is 0 Å². The van der Waals surface area contributed by atoms with Gasteiger partial charge in [-0.2, -0.15) is 0 Å². The van der Waals surface area contributed by atoms with Crippen LogP contribution in [0.2, 0.25) is 0 Å². The number of hydrogen-bond donors (Lipinski definition) is 1. The van der Waals surface area contributed by atoms with Crippen molar-refractivity contribution >= 4 is 11.4 Å². The average Bonchev–Trinajstić information content (AvgIpc) is 3.26. The highest BCUT2D eigenvalue weighted by molar-refractivity contribution is 5.55. The second-order valence-electron chi connectivity index (χ2n) is 5.60. The monoisotopic (exact) mass is 284 g/mol. The zero-order chi connectivity index (χ0) is 14.7. The summed E-state index contributed by atoms with van der Waals surface area (Å²) in [6.45, 7) is 7.30. The van der Waals surface area contributed by atoms with Gasteiger partial charge in [0.25, 0.3) is 0 Å². The van der Waals surface area contributed by atoms with Crippen molar-refractivity contribution < 1.29 is 0 Å². The molecule has 0 saturated heterocycles. The van der Waals surface area contributed by atoms with Gasteiger partial charge in [0.2, 0.25) is 0 Å². The highest BCUT2D eigenvalue weighted by Crippen LogP contribution is 2.35. The Labute approximate surface area is 126 Å². The molecule has 0 spiro atoms. The van der Waals surface area contributed by atoms with Gasteiger partial charge >= 0.3 is 0 Å². The fourth-order valence-corrected chi connectivity index (χ4v) is 2.72. The maximum absolute atomic E-state index is 4.27. The summed E-state index contributed by atoms with van der Waals surface area (Å²) >= 11 is 0. The molecule has 0 atom stereocenters. The quantitative estimate of drug-likeness (QED) is 0.842. The number of rotatable bonds is 7. The van der Waals surface area contributed by atoms with Gasteiger partial charge in [0.15, 0.2) is 0 Å². The predicted octanol–water partition coefficient (Wildman–Crippen LogP) is 3.68. The molecule has 4 heteroatoms. The number of hydrogen-bond acceptors (Lipinski definition) is 3. The van der Waals surface area contributed by atoms with Crippen LogP contribution in [0.25, 0.3) is 0 Å². The van der Waals surface area contributed by atoms with Crippen LogP contribution in [-0.2, 0) is 6.54 Å². The Hall–Kier alpha value is -1.97. The minimum atomic E-state index is 0.689. The molecule has 0 radical (unpaired) electrons. The molecular weight excluding hydrogens is 260 g/mol. The van der Waals surface area contributed by atoms with Crippen LogP contribution >= 0.6 is 0 Å². The first kappa shape index (κ1) is 14.0. The molecule has 1 aliphatic rings. The van der Waals surface area contributed by atoms with Crippen molar-refractivity contribution in [3.8, 4) is 0 Å². The van der Waals surface area contributed by atoms with E-state index in [1.165, 1.54) is 24.2 Å². The molecule has 21 heavy (non-hydrogen) atoms.